The fourth-order valence-corrected chi connectivity index (χ4v) is 2.82. The molecule has 0 atom stereocenters. The maximum atomic E-state index is 7.44. The normalized spacial score (nSPS) is 25.7. The summed E-state index contributed by atoms with van der Waals surface area (Å²) < 4.78 is 0. The summed E-state index contributed by atoms with van der Waals surface area (Å²) in [7, 11) is 0. The molecule has 5 nitrogen and oxygen atoms in total. The molecule has 0 unspecified atom stereocenters. The Hall–Kier alpha value is -2.17. The number of anilines is 1. The maximum Gasteiger partial charge on any atom is 0.0742 e. The summed E-state index contributed by atoms with van der Waals surface area (Å²) >= 11 is 0. The number of allylic oxidation sites excluding steroid dienone is 2. The van der Waals surface area contributed by atoms with Gasteiger partial charge in [-0.1, -0.05) is 6.92 Å². The molecule has 2 saturated carbocycles. The number of nitrogen functional groups attached to an aromatic ring is 1. The highest BCUT2D eigenvalue weighted by Crippen LogP contribution is 2.37. The van der Waals surface area contributed by atoms with Crippen LogP contribution in [0.5, 0.6) is 0 Å². The molecule has 5 heteroatoms. The van der Waals surface area contributed by atoms with Gasteiger partial charge >= 0.3 is 0 Å². The number of nitrogens with one attached hydrogen (secondary N) is 1. The minimum absolute atomic E-state index is 0.410. The minimum atomic E-state index is 0.410. The van der Waals surface area contributed by atoms with Crippen molar-refractivity contribution in [3.05, 3.63) is 29.2 Å². The molecule has 1 heterocycles. The van der Waals surface area contributed by atoms with Crippen molar-refractivity contribution in [2.45, 2.75) is 38.6 Å². The Morgan fingerprint density at radius 3 is 2.73 bits per heavy atom. The largest absolute Gasteiger partial charge is 0.401 e. The molecule has 2 aliphatic carbocycles. The minimum Gasteiger partial charge on any atom is -0.401 e. The van der Waals surface area contributed by atoms with Gasteiger partial charge in [0, 0.05) is 29.3 Å². The Morgan fingerprint density at radius 2 is 2.14 bits per heavy atom. The van der Waals surface area contributed by atoms with E-state index in [-0.39, 0.29) is 0 Å². The van der Waals surface area contributed by atoms with Crippen LogP contribution in [0.4, 0.5) is 5.69 Å². The summed E-state index contributed by atoms with van der Waals surface area (Å²) in [6.45, 7) is 2.25. The Kier molecular flexibility index (Phi) is 3.96. The molecular weight excluding hydrogens is 274 g/mol. The lowest BCUT2D eigenvalue weighted by molar-refractivity contribution is 0.293. The zero-order valence-electron chi connectivity index (χ0n) is 12.9. The second kappa shape index (κ2) is 5.91. The molecule has 1 aromatic heterocycles. The van der Waals surface area contributed by atoms with Crippen LogP contribution in [0.15, 0.2) is 23.0 Å². The molecule has 2 aliphatic rings. The van der Waals surface area contributed by atoms with Gasteiger partial charge in [-0.05, 0) is 43.6 Å². The first kappa shape index (κ1) is 14.8. The van der Waals surface area contributed by atoms with Crippen LogP contribution in [0.25, 0.3) is 5.57 Å². The van der Waals surface area contributed by atoms with Gasteiger partial charge < -0.3 is 16.9 Å². The molecule has 0 saturated heterocycles. The van der Waals surface area contributed by atoms with Crippen molar-refractivity contribution in [1.29, 1.82) is 5.41 Å². The van der Waals surface area contributed by atoms with Crippen LogP contribution >= 0.6 is 0 Å². The molecule has 1 aromatic rings. The van der Waals surface area contributed by atoms with Crippen LogP contribution in [0.2, 0.25) is 0 Å². The number of rotatable bonds is 5. The third kappa shape index (κ3) is 3.03. The number of hydrogen-bond acceptors (Lipinski definition) is 5. The first-order valence-electron chi connectivity index (χ1n) is 7.87. The van der Waals surface area contributed by atoms with Crippen LogP contribution in [-0.2, 0) is 0 Å². The van der Waals surface area contributed by atoms with Gasteiger partial charge in [0.25, 0.3) is 0 Å². The molecule has 0 aliphatic heterocycles. The second-order valence-corrected chi connectivity index (χ2v) is 6.49. The van der Waals surface area contributed by atoms with E-state index in [0.717, 1.165) is 48.6 Å². The molecule has 0 radical (unpaired) electrons. The standard InChI is InChI=1S/C17H23N5/c1-10-4-13(5-10)21-8-14(17(20)11-2-3-11)16-6-12(7-18)15(19)9-22-16/h6-11,13,18H,2-5,19-20H2,1H3. The van der Waals surface area contributed by atoms with Gasteiger partial charge in [-0.15, -0.1) is 0 Å². The van der Waals surface area contributed by atoms with E-state index in [1.165, 1.54) is 6.21 Å². The monoisotopic (exact) mass is 297 g/mol. The highest BCUT2D eigenvalue weighted by Gasteiger charge is 2.28. The first-order valence-corrected chi connectivity index (χ1v) is 7.87. The van der Waals surface area contributed by atoms with Gasteiger partial charge in [0.15, 0.2) is 0 Å². The summed E-state index contributed by atoms with van der Waals surface area (Å²) in [5, 5.41) is 7.44. The van der Waals surface area contributed by atoms with E-state index in [0.29, 0.717) is 23.2 Å². The third-order valence-corrected chi connectivity index (χ3v) is 4.49. The van der Waals surface area contributed by atoms with Crippen molar-refractivity contribution in [3.63, 3.8) is 0 Å². The Bertz CT molecular complexity index is 636. The van der Waals surface area contributed by atoms with Gasteiger partial charge in [-0.25, -0.2) is 0 Å². The Balaban J connectivity index is 1.92. The van der Waals surface area contributed by atoms with E-state index in [2.05, 4.69) is 16.9 Å². The number of nitrogens with zero attached hydrogens (tertiary/aromatic N) is 2. The average molecular weight is 297 g/mol. The average Bonchev–Trinajstić information content (AvgIpc) is 3.31. The van der Waals surface area contributed by atoms with Crippen LogP contribution in [0.3, 0.4) is 0 Å². The summed E-state index contributed by atoms with van der Waals surface area (Å²) in [5.41, 5.74) is 15.8. The SMILES string of the molecule is CC1CC(N=CC(=C(N)C2CC2)c2cc(C=N)c(N)cn2)C1. The summed E-state index contributed by atoms with van der Waals surface area (Å²) in [4.78, 5) is 9.07. The zero-order chi connectivity index (χ0) is 15.7. The number of aromatic nitrogens is 1. The number of aliphatic imine (C=N–C) groups is 1. The van der Waals surface area contributed by atoms with Crippen molar-refractivity contribution < 1.29 is 0 Å². The number of hydrogen-bond donors (Lipinski definition) is 3. The fraction of sp³-hybridized carbons (Fsp3) is 0.471. The van der Waals surface area contributed by atoms with E-state index < -0.39 is 0 Å². The van der Waals surface area contributed by atoms with E-state index in [9.17, 15) is 0 Å². The van der Waals surface area contributed by atoms with Crippen molar-refractivity contribution in [2.75, 3.05) is 5.73 Å². The van der Waals surface area contributed by atoms with Crippen molar-refractivity contribution >= 4 is 23.7 Å². The van der Waals surface area contributed by atoms with E-state index in [4.69, 9.17) is 16.9 Å². The molecule has 116 valence electrons. The van der Waals surface area contributed by atoms with Gasteiger partial charge in [0.05, 0.1) is 23.6 Å². The highest BCUT2D eigenvalue weighted by atomic mass is 14.8. The van der Waals surface area contributed by atoms with Crippen LogP contribution in [0.1, 0.15) is 43.9 Å². The van der Waals surface area contributed by atoms with Crippen molar-refractivity contribution in [2.24, 2.45) is 22.6 Å². The molecule has 0 amide bonds. The van der Waals surface area contributed by atoms with Crippen LogP contribution < -0.4 is 11.5 Å². The smallest absolute Gasteiger partial charge is 0.0742 e. The predicted molar refractivity (Wildman–Crippen MR) is 91.0 cm³/mol. The molecule has 2 fully saturated rings. The molecule has 0 bridgehead atoms. The Labute approximate surface area is 131 Å². The molecule has 22 heavy (non-hydrogen) atoms. The van der Waals surface area contributed by atoms with E-state index in [1.807, 2.05) is 12.3 Å². The van der Waals surface area contributed by atoms with Gasteiger partial charge in [-0.2, -0.15) is 0 Å². The lowest BCUT2D eigenvalue weighted by Gasteiger charge is -2.29. The van der Waals surface area contributed by atoms with E-state index in [1.54, 1.807) is 6.20 Å². The van der Waals surface area contributed by atoms with Crippen molar-refractivity contribution in [1.82, 2.24) is 4.98 Å². The molecule has 0 spiro atoms. The van der Waals surface area contributed by atoms with Crippen LogP contribution in [-0.4, -0.2) is 23.5 Å². The topological polar surface area (TPSA) is 101 Å². The molecule has 5 N–H and O–H groups in total. The van der Waals surface area contributed by atoms with Crippen LogP contribution in [0, 0.1) is 17.2 Å². The summed E-state index contributed by atoms with van der Waals surface area (Å²) in [5.74, 6) is 1.22. The first-order chi connectivity index (χ1) is 10.6. The number of nitrogens with two attached hydrogens (primary N) is 2. The fourth-order valence-electron chi connectivity index (χ4n) is 2.82. The number of pyridine rings is 1. The summed E-state index contributed by atoms with van der Waals surface area (Å²) in [6, 6.07) is 2.23. The predicted octanol–water partition coefficient (Wildman–Crippen LogP) is 2.61. The molecule has 3 rings (SSSR count). The zero-order valence-corrected chi connectivity index (χ0v) is 12.9. The lowest BCUT2D eigenvalue weighted by Crippen LogP contribution is -2.24. The second-order valence-electron chi connectivity index (χ2n) is 6.49. The van der Waals surface area contributed by atoms with Gasteiger partial charge in [0.2, 0.25) is 0 Å². The van der Waals surface area contributed by atoms with Gasteiger partial charge in [-0.3, -0.25) is 9.98 Å². The lowest BCUT2D eigenvalue weighted by atomic mass is 9.82. The molecule has 0 aromatic carbocycles. The quantitative estimate of drug-likeness (QED) is 0.728. The maximum absolute atomic E-state index is 7.44. The molecular formula is C17H23N5. The third-order valence-electron chi connectivity index (χ3n) is 4.49. The Morgan fingerprint density at radius 1 is 1.41 bits per heavy atom. The van der Waals surface area contributed by atoms with Crippen molar-refractivity contribution in [3.8, 4) is 0 Å². The van der Waals surface area contributed by atoms with Gasteiger partial charge in [0.1, 0.15) is 0 Å². The summed E-state index contributed by atoms with van der Waals surface area (Å²) in [6.07, 6.45) is 9.29. The van der Waals surface area contributed by atoms with E-state index >= 15 is 0 Å². The highest BCUT2D eigenvalue weighted by molar-refractivity contribution is 6.10.